The number of hydrogen-bond donors (Lipinski definition) is 2. The average molecular weight is 343 g/mol. The highest BCUT2D eigenvalue weighted by molar-refractivity contribution is 5.91. The lowest BCUT2D eigenvalue weighted by Gasteiger charge is -2.15. The zero-order chi connectivity index (χ0) is 18.3. The summed E-state index contributed by atoms with van der Waals surface area (Å²) in [6, 6.07) is 4.53. The standard InChI is InChI=1S/C17H21N5O3/c1-9(15-10(2)20-22(5)11(15)3)18-16(23)19-12-6-7-14-13(8-12)21(4)17(24)25-14/h6-9H,1-5H3,(H2,18,19,23). The van der Waals surface area contributed by atoms with Crippen LogP contribution in [0.1, 0.15) is 29.9 Å². The number of aryl methyl sites for hydroxylation is 3. The van der Waals surface area contributed by atoms with Gasteiger partial charge >= 0.3 is 11.8 Å². The first-order valence-corrected chi connectivity index (χ1v) is 7.95. The predicted octanol–water partition coefficient (Wildman–Crippen LogP) is 2.36. The number of amides is 2. The van der Waals surface area contributed by atoms with Gasteiger partial charge in [-0.25, -0.2) is 9.59 Å². The molecule has 2 aromatic heterocycles. The van der Waals surface area contributed by atoms with Crippen LogP contribution < -0.4 is 16.4 Å². The van der Waals surface area contributed by atoms with Gasteiger partial charge in [0.15, 0.2) is 5.58 Å². The second kappa shape index (κ2) is 6.12. The lowest BCUT2D eigenvalue weighted by Crippen LogP contribution is -2.31. The number of benzene rings is 1. The van der Waals surface area contributed by atoms with E-state index in [1.807, 2.05) is 27.8 Å². The zero-order valence-corrected chi connectivity index (χ0v) is 14.9. The molecule has 2 heterocycles. The van der Waals surface area contributed by atoms with E-state index in [1.54, 1.807) is 29.9 Å². The van der Waals surface area contributed by atoms with E-state index < -0.39 is 5.76 Å². The number of urea groups is 1. The summed E-state index contributed by atoms with van der Waals surface area (Å²) in [5.74, 6) is -0.437. The van der Waals surface area contributed by atoms with Gasteiger partial charge in [0.25, 0.3) is 0 Å². The van der Waals surface area contributed by atoms with E-state index in [2.05, 4.69) is 15.7 Å². The van der Waals surface area contributed by atoms with E-state index in [0.717, 1.165) is 17.0 Å². The normalized spacial score (nSPS) is 12.4. The lowest BCUT2D eigenvalue weighted by molar-refractivity contribution is 0.249. The lowest BCUT2D eigenvalue weighted by atomic mass is 10.1. The third-order valence-electron chi connectivity index (χ3n) is 4.39. The van der Waals surface area contributed by atoms with Crippen molar-refractivity contribution in [3.63, 3.8) is 0 Å². The minimum atomic E-state index is -0.437. The van der Waals surface area contributed by atoms with E-state index in [9.17, 15) is 9.59 Å². The van der Waals surface area contributed by atoms with Crippen molar-refractivity contribution in [3.8, 4) is 0 Å². The van der Waals surface area contributed by atoms with Gasteiger partial charge in [0.2, 0.25) is 0 Å². The first kappa shape index (κ1) is 16.8. The highest BCUT2D eigenvalue weighted by atomic mass is 16.4. The van der Waals surface area contributed by atoms with Crippen molar-refractivity contribution < 1.29 is 9.21 Å². The fourth-order valence-electron chi connectivity index (χ4n) is 3.06. The van der Waals surface area contributed by atoms with Gasteiger partial charge < -0.3 is 15.1 Å². The number of nitrogens with one attached hydrogen (secondary N) is 2. The van der Waals surface area contributed by atoms with Crippen LogP contribution in [-0.2, 0) is 14.1 Å². The van der Waals surface area contributed by atoms with Gasteiger partial charge in [-0.3, -0.25) is 9.25 Å². The zero-order valence-electron chi connectivity index (χ0n) is 14.9. The molecule has 0 saturated carbocycles. The molecule has 3 aromatic rings. The molecule has 25 heavy (non-hydrogen) atoms. The first-order chi connectivity index (χ1) is 11.8. The number of aromatic nitrogens is 3. The number of carbonyl (C=O) groups is 1. The fraction of sp³-hybridized carbons (Fsp3) is 0.353. The minimum absolute atomic E-state index is 0.185. The third-order valence-corrected chi connectivity index (χ3v) is 4.39. The molecule has 1 atom stereocenters. The Morgan fingerprint density at radius 2 is 2.00 bits per heavy atom. The van der Waals surface area contributed by atoms with Crippen LogP contribution in [0.15, 0.2) is 27.4 Å². The smallest absolute Gasteiger partial charge is 0.408 e. The SMILES string of the molecule is Cc1nn(C)c(C)c1C(C)NC(=O)Nc1ccc2oc(=O)n(C)c2c1. The van der Waals surface area contributed by atoms with Gasteiger partial charge in [0.05, 0.1) is 17.3 Å². The number of fused-ring (bicyclic) bond motifs is 1. The van der Waals surface area contributed by atoms with Crippen molar-refractivity contribution in [3.05, 3.63) is 45.7 Å². The Morgan fingerprint density at radius 3 is 2.64 bits per heavy atom. The van der Waals surface area contributed by atoms with Gasteiger partial charge in [-0.05, 0) is 39.0 Å². The molecule has 0 saturated heterocycles. The molecular formula is C17H21N5O3. The second-order valence-corrected chi connectivity index (χ2v) is 6.14. The van der Waals surface area contributed by atoms with Crippen molar-refractivity contribution in [2.24, 2.45) is 14.1 Å². The number of hydrogen-bond acceptors (Lipinski definition) is 4. The van der Waals surface area contributed by atoms with Gasteiger partial charge in [0, 0.05) is 31.0 Å². The topological polar surface area (TPSA) is 94.1 Å². The number of oxazole rings is 1. The molecule has 0 spiro atoms. The van der Waals surface area contributed by atoms with Crippen molar-refractivity contribution >= 4 is 22.8 Å². The molecule has 0 aliphatic heterocycles. The van der Waals surface area contributed by atoms with Gasteiger partial charge in [0.1, 0.15) is 0 Å². The van der Waals surface area contributed by atoms with E-state index >= 15 is 0 Å². The largest absolute Gasteiger partial charge is 0.419 e. The monoisotopic (exact) mass is 343 g/mol. The number of rotatable bonds is 3. The first-order valence-electron chi connectivity index (χ1n) is 7.95. The van der Waals surface area contributed by atoms with Gasteiger partial charge in [-0.2, -0.15) is 5.10 Å². The summed E-state index contributed by atoms with van der Waals surface area (Å²) >= 11 is 0. The molecule has 0 aliphatic carbocycles. The third kappa shape index (κ3) is 3.02. The molecular weight excluding hydrogens is 322 g/mol. The van der Waals surface area contributed by atoms with Crippen LogP contribution >= 0.6 is 0 Å². The van der Waals surface area contributed by atoms with Crippen LogP contribution in [0, 0.1) is 13.8 Å². The van der Waals surface area contributed by atoms with Crippen LogP contribution in [-0.4, -0.2) is 20.4 Å². The molecule has 8 heteroatoms. The maximum Gasteiger partial charge on any atom is 0.419 e. The van der Waals surface area contributed by atoms with Gasteiger partial charge in [-0.15, -0.1) is 0 Å². The molecule has 2 N–H and O–H groups in total. The summed E-state index contributed by atoms with van der Waals surface area (Å²) in [6.07, 6.45) is 0. The molecule has 1 unspecified atom stereocenters. The predicted molar refractivity (Wildman–Crippen MR) is 94.7 cm³/mol. The maximum atomic E-state index is 12.3. The van der Waals surface area contributed by atoms with E-state index in [0.29, 0.717) is 16.8 Å². The summed E-state index contributed by atoms with van der Waals surface area (Å²) in [4.78, 5) is 23.8. The van der Waals surface area contributed by atoms with Gasteiger partial charge in [-0.1, -0.05) is 0 Å². The molecule has 3 rings (SSSR count). The quantitative estimate of drug-likeness (QED) is 0.763. The highest BCUT2D eigenvalue weighted by Crippen LogP contribution is 2.21. The van der Waals surface area contributed by atoms with Crippen molar-refractivity contribution in [1.82, 2.24) is 19.7 Å². The summed E-state index contributed by atoms with van der Waals surface area (Å²) < 4.78 is 8.27. The highest BCUT2D eigenvalue weighted by Gasteiger charge is 2.18. The van der Waals surface area contributed by atoms with Crippen molar-refractivity contribution in [2.75, 3.05) is 5.32 Å². The van der Waals surface area contributed by atoms with Crippen LogP contribution in [0.2, 0.25) is 0 Å². The summed E-state index contributed by atoms with van der Waals surface area (Å²) in [7, 11) is 3.50. The Bertz CT molecular complexity index is 1010. The Labute approximate surface area is 144 Å². The molecule has 0 bridgehead atoms. The van der Waals surface area contributed by atoms with E-state index in [1.165, 1.54) is 4.57 Å². The minimum Gasteiger partial charge on any atom is -0.408 e. The molecule has 0 radical (unpaired) electrons. The number of carbonyl (C=O) groups excluding carboxylic acids is 1. The molecule has 132 valence electrons. The van der Waals surface area contributed by atoms with Crippen LogP contribution in [0.25, 0.3) is 11.1 Å². The van der Waals surface area contributed by atoms with Crippen molar-refractivity contribution in [1.29, 1.82) is 0 Å². The van der Waals surface area contributed by atoms with Crippen LogP contribution in [0.5, 0.6) is 0 Å². The molecule has 2 amide bonds. The Morgan fingerprint density at radius 1 is 1.28 bits per heavy atom. The summed E-state index contributed by atoms with van der Waals surface area (Å²) in [5.41, 5.74) is 4.59. The van der Waals surface area contributed by atoms with Crippen LogP contribution in [0.4, 0.5) is 10.5 Å². The van der Waals surface area contributed by atoms with Crippen LogP contribution in [0.3, 0.4) is 0 Å². The molecule has 8 nitrogen and oxygen atoms in total. The average Bonchev–Trinajstić information content (AvgIpc) is 2.96. The number of anilines is 1. The Hall–Kier alpha value is -3.03. The van der Waals surface area contributed by atoms with Crippen molar-refractivity contribution in [2.45, 2.75) is 26.8 Å². The molecule has 0 fully saturated rings. The fourth-order valence-corrected chi connectivity index (χ4v) is 3.06. The Balaban J connectivity index is 1.76. The molecule has 1 aromatic carbocycles. The van der Waals surface area contributed by atoms with E-state index in [4.69, 9.17) is 4.42 Å². The Kier molecular flexibility index (Phi) is 4.12. The maximum absolute atomic E-state index is 12.3. The second-order valence-electron chi connectivity index (χ2n) is 6.14. The summed E-state index contributed by atoms with van der Waals surface area (Å²) in [6.45, 7) is 5.81. The van der Waals surface area contributed by atoms with E-state index in [-0.39, 0.29) is 12.1 Å². The summed E-state index contributed by atoms with van der Waals surface area (Å²) in [5, 5.41) is 10.1. The molecule has 0 aliphatic rings. The number of nitrogens with zero attached hydrogens (tertiary/aromatic N) is 3.